The van der Waals surface area contributed by atoms with Gasteiger partial charge in [0, 0.05) is 90.0 Å². The van der Waals surface area contributed by atoms with Gasteiger partial charge in [-0.2, -0.15) is 0 Å². The molecular formula is C40H41Cl2N5O3. The van der Waals surface area contributed by atoms with Crippen molar-refractivity contribution < 1.29 is 14.3 Å². The van der Waals surface area contributed by atoms with Crippen LogP contribution in [0.3, 0.4) is 0 Å². The Morgan fingerprint density at radius 1 is 0.780 bits per heavy atom. The van der Waals surface area contributed by atoms with E-state index >= 15 is 0 Å². The molecule has 9 rings (SSSR count). The average Bonchev–Trinajstić information content (AvgIpc) is 3.82. The van der Waals surface area contributed by atoms with Crippen molar-refractivity contribution in [2.24, 2.45) is 11.3 Å². The first-order chi connectivity index (χ1) is 24.3. The summed E-state index contributed by atoms with van der Waals surface area (Å²) in [6.45, 7) is 7.16. The Bertz CT molecular complexity index is 2040. The number of rotatable bonds is 7. The van der Waals surface area contributed by atoms with Crippen LogP contribution in [0.5, 0.6) is 11.8 Å². The third-order valence-electron chi connectivity index (χ3n) is 11.7. The van der Waals surface area contributed by atoms with E-state index in [1.54, 1.807) is 14.2 Å². The quantitative estimate of drug-likeness (QED) is 0.212. The summed E-state index contributed by atoms with van der Waals surface area (Å²) in [6, 6.07) is 17.0. The Morgan fingerprint density at radius 2 is 1.28 bits per heavy atom. The number of amides is 1. The van der Waals surface area contributed by atoms with Gasteiger partial charge >= 0.3 is 0 Å². The Hall–Kier alpha value is -3.69. The molecule has 1 amide bonds. The lowest BCUT2D eigenvalue weighted by molar-refractivity contribution is -0.121. The van der Waals surface area contributed by atoms with E-state index in [4.69, 9.17) is 42.6 Å². The van der Waals surface area contributed by atoms with Crippen molar-refractivity contribution in [3.05, 3.63) is 80.8 Å². The van der Waals surface area contributed by atoms with Gasteiger partial charge in [-0.25, -0.2) is 9.97 Å². The number of halogens is 2. The SMILES string of the molecule is COc1nc(-c2cccc(-c3cccc(-c4cc5c(c(OC)n4)[C@H](N4CC6(CNC(=O)C6)C4)CC5)c3Cl)c2Cl)cc2c1[C@H](N1CC(C)C1)CC2. The highest BCUT2D eigenvalue weighted by atomic mass is 35.5. The molecule has 4 aromatic rings. The molecule has 0 bridgehead atoms. The summed E-state index contributed by atoms with van der Waals surface area (Å²) in [5.41, 5.74) is 9.93. The topological polar surface area (TPSA) is 79.8 Å². The van der Waals surface area contributed by atoms with E-state index in [1.807, 2.05) is 36.4 Å². The minimum Gasteiger partial charge on any atom is -0.481 e. The second-order valence-electron chi connectivity index (χ2n) is 15.0. The van der Waals surface area contributed by atoms with Crippen LogP contribution in [-0.4, -0.2) is 72.6 Å². The van der Waals surface area contributed by atoms with Crippen molar-refractivity contribution >= 4 is 29.1 Å². The molecule has 1 N–H and O–H groups in total. The van der Waals surface area contributed by atoms with Crippen LogP contribution in [0.25, 0.3) is 33.6 Å². The Morgan fingerprint density at radius 3 is 1.74 bits per heavy atom. The molecule has 0 saturated carbocycles. The van der Waals surface area contributed by atoms with Crippen molar-refractivity contribution in [1.82, 2.24) is 25.1 Å². The van der Waals surface area contributed by atoms with E-state index in [0.717, 1.165) is 104 Å². The van der Waals surface area contributed by atoms with Gasteiger partial charge in [0.05, 0.1) is 35.7 Å². The van der Waals surface area contributed by atoms with Gasteiger partial charge in [0.2, 0.25) is 17.7 Å². The van der Waals surface area contributed by atoms with Crippen LogP contribution in [-0.2, 0) is 17.6 Å². The molecule has 3 saturated heterocycles. The molecule has 8 nitrogen and oxygen atoms in total. The summed E-state index contributed by atoms with van der Waals surface area (Å²) in [4.78, 5) is 27.0. The van der Waals surface area contributed by atoms with Gasteiger partial charge < -0.3 is 14.8 Å². The number of carbonyl (C=O) groups excluding carboxylic acids is 1. The number of pyridine rings is 2. The molecule has 2 aromatic carbocycles. The third kappa shape index (κ3) is 5.13. The second kappa shape index (κ2) is 12.2. The Labute approximate surface area is 303 Å². The predicted octanol–water partition coefficient (Wildman–Crippen LogP) is 7.55. The highest BCUT2D eigenvalue weighted by molar-refractivity contribution is 6.39. The molecule has 2 aromatic heterocycles. The molecular weight excluding hydrogens is 669 g/mol. The second-order valence-corrected chi connectivity index (χ2v) is 15.8. The smallest absolute Gasteiger partial charge is 0.220 e. The summed E-state index contributed by atoms with van der Waals surface area (Å²) in [5.74, 6) is 2.24. The molecule has 3 aliphatic heterocycles. The highest BCUT2D eigenvalue weighted by Crippen LogP contribution is 2.50. The number of ether oxygens (including phenoxy) is 2. The Kier molecular flexibility index (Phi) is 7.88. The van der Waals surface area contributed by atoms with Gasteiger partial charge in [0.25, 0.3) is 0 Å². The molecule has 0 radical (unpaired) electrons. The molecule has 1 spiro atoms. The van der Waals surface area contributed by atoms with E-state index in [1.165, 1.54) is 16.7 Å². The number of nitrogens with zero attached hydrogens (tertiary/aromatic N) is 4. The van der Waals surface area contributed by atoms with Crippen LogP contribution >= 0.6 is 23.2 Å². The fourth-order valence-corrected chi connectivity index (χ4v) is 10.0. The van der Waals surface area contributed by atoms with Crippen LogP contribution in [0.2, 0.25) is 10.0 Å². The minimum absolute atomic E-state index is 0.0749. The van der Waals surface area contributed by atoms with Crippen molar-refractivity contribution in [3.8, 4) is 45.4 Å². The van der Waals surface area contributed by atoms with Crippen LogP contribution in [0.4, 0.5) is 0 Å². The summed E-state index contributed by atoms with van der Waals surface area (Å²) in [6.07, 6.45) is 4.64. The number of likely N-dealkylation sites (tertiary alicyclic amines) is 2. The lowest BCUT2D eigenvalue weighted by Gasteiger charge is -2.50. The number of carbonyl (C=O) groups is 1. The first kappa shape index (κ1) is 32.2. The van der Waals surface area contributed by atoms with Gasteiger partial charge in [0.15, 0.2) is 0 Å². The lowest BCUT2D eigenvalue weighted by atomic mass is 9.77. The van der Waals surface area contributed by atoms with Crippen molar-refractivity contribution in [2.75, 3.05) is 46.9 Å². The first-order valence-electron chi connectivity index (χ1n) is 17.7. The molecule has 10 heteroatoms. The van der Waals surface area contributed by atoms with Crippen LogP contribution in [0.15, 0.2) is 48.5 Å². The zero-order valence-electron chi connectivity index (χ0n) is 28.7. The summed E-state index contributed by atoms with van der Waals surface area (Å²) >= 11 is 14.5. The average molecular weight is 711 g/mol. The highest BCUT2D eigenvalue weighted by Gasteiger charge is 2.51. The monoisotopic (exact) mass is 709 g/mol. The molecule has 258 valence electrons. The first-order valence-corrected chi connectivity index (χ1v) is 18.5. The fraction of sp³-hybridized carbons (Fsp3) is 0.425. The van der Waals surface area contributed by atoms with E-state index < -0.39 is 0 Å². The van der Waals surface area contributed by atoms with Crippen molar-refractivity contribution in [3.63, 3.8) is 0 Å². The maximum atomic E-state index is 11.9. The van der Waals surface area contributed by atoms with Gasteiger partial charge in [-0.1, -0.05) is 66.5 Å². The number of hydrogen-bond acceptors (Lipinski definition) is 7. The van der Waals surface area contributed by atoms with Gasteiger partial charge in [-0.15, -0.1) is 0 Å². The maximum absolute atomic E-state index is 11.9. The number of hydrogen-bond donors (Lipinski definition) is 1. The summed E-state index contributed by atoms with van der Waals surface area (Å²) in [7, 11) is 3.40. The van der Waals surface area contributed by atoms with E-state index in [9.17, 15) is 4.79 Å². The molecule has 5 aliphatic rings. The van der Waals surface area contributed by atoms with Crippen molar-refractivity contribution in [1.29, 1.82) is 0 Å². The zero-order chi connectivity index (χ0) is 34.3. The number of fused-ring (bicyclic) bond motifs is 2. The summed E-state index contributed by atoms with van der Waals surface area (Å²) in [5, 5.41) is 4.20. The number of methoxy groups -OCH3 is 2. The van der Waals surface area contributed by atoms with Crippen LogP contribution < -0.4 is 14.8 Å². The van der Waals surface area contributed by atoms with E-state index in [-0.39, 0.29) is 17.4 Å². The molecule has 2 aliphatic carbocycles. The largest absolute Gasteiger partial charge is 0.481 e. The predicted molar refractivity (Wildman–Crippen MR) is 196 cm³/mol. The van der Waals surface area contributed by atoms with Crippen LogP contribution in [0, 0.1) is 11.3 Å². The van der Waals surface area contributed by atoms with Crippen molar-refractivity contribution in [2.45, 2.75) is 51.1 Å². The summed E-state index contributed by atoms with van der Waals surface area (Å²) < 4.78 is 11.8. The van der Waals surface area contributed by atoms with Gasteiger partial charge in [-0.05, 0) is 54.9 Å². The number of aromatic nitrogens is 2. The molecule has 2 atom stereocenters. The van der Waals surface area contributed by atoms with Gasteiger partial charge in [-0.3, -0.25) is 14.6 Å². The molecule has 5 heterocycles. The molecule has 3 fully saturated rings. The van der Waals surface area contributed by atoms with E-state index in [0.29, 0.717) is 34.3 Å². The Balaban J connectivity index is 1.03. The minimum atomic E-state index is 0.0749. The van der Waals surface area contributed by atoms with Gasteiger partial charge in [0.1, 0.15) is 0 Å². The fourth-order valence-electron chi connectivity index (χ4n) is 9.37. The van der Waals surface area contributed by atoms with Crippen LogP contribution in [0.1, 0.15) is 60.5 Å². The number of aryl methyl sites for hydroxylation is 2. The zero-order valence-corrected chi connectivity index (χ0v) is 30.2. The number of benzene rings is 2. The van der Waals surface area contributed by atoms with E-state index in [2.05, 4.69) is 34.2 Å². The molecule has 50 heavy (non-hydrogen) atoms. The number of nitrogens with one attached hydrogen (secondary N) is 1. The standard InChI is InChI=1S/C40H41Cl2N5O3/c1-22-17-46(18-22)31-12-10-23-14-29(44-38(49-2)34(23)31)27-8-4-6-25(36(27)41)26-7-5-9-28(37(26)42)30-15-24-11-13-32(35(24)39(45-30)50-3)47-20-40(21-47)16-33(48)43-19-40/h4-9,14-15,22,31-32H,10-13,16-21H2,1-3H3,(H,43,48)/t31-,32-/m1/s1. The maximum Gasteiger partial charge on any atom is 0.220 e. The third-order valence-corrected chi connectivity index (χ3v) is 12.5. The lowest BCUT2D eigenvalue weighted by Crippen LogP contribution is -2.58. The molecule has 0 unspecified atom stereocenters. The normalized spacial score (nSPS) is 22.6.